The average Bonchev–Trinajstić information content (AvgIpc) is 2.52. The third-order valence-electron chi connectivity index (χ3n) is 4.72. The Bertz CT molecular complexity index is 267. The highest BCUT2D eigenvalue weighted by Gasteiger charge is 2.27. The molecule has 0 aromatic heterocycles. The van der Waals surface area contributed by atoms with Crippen molar-refractivity contribution in [3.8, 4) is 0 Å². The largest absolute Gasteiger partial charge is 0.393 e. The second-order valence-corrected chi connectivity index (χ2v) is 6.93. The smallest absolute Gasteiger partial charge is 0.123 e. The lowest BCUT2D eigenvalue weighted by molar-refractivity contribution is -0.116. The number of hydrogen-bond acceptors (Lipinski definition) is 3. The van der Waals surface area contributed by atoms with Crippen molar-refractivity contribution in [2.75, 3.05) is 6.61 Å². The summed E-state index contributed by atoms with van der Waals surface area (Å²) in [6.07, 6.45) is 16.1. The van der Waals surface area contributed by atoms with Gasteiger partial charge in [0, 0.05) is 12.5 Å². The second kappa shape index (κ2) is 13.1. The maximum Gasteiger partial charge on any atom is 0.123 e. The zero-order chi connectivity index (χ0) is 16.0. The van der Waals surface area contributed by atoms with Crippen LogP contribution in [0.4, 0.5) is 0 Å². The van der Waals surface area contributed by atoms with Gasteiger partial charge in [-0.3, -0.25) is 0 Å². The molecule has 0 aromatic rings. The summed E-state index contributed by atoms with van der Waals surface area (Å²) in [5.74, 6) is -0.0125. The van der Waals surface area contributed by atoms with E-state index in [4.69, 9.17) is 4.74 Å². The molecule has 3 atom stereocenters. The van der Waals surface area contributed by atoms with Crippen molar-refractivity contribution in [1.29, 1.82) is 0 Å². The number of unbranched alkanes of at least 4 members (excludes halogenated alkanes) is 9. The van der Waals surface area contributed by atoms with E-state index in [0.29, 0.717) is 12.8 Å². The predicted octanol–water partition coefficient (Wildman–Crippen LogP) is 4.65. The fraction of sp³-hybridized carbons (Fsp3) is 0.947. The summed E-state index contributed by atoms with van der Waals surface area (Å²) >= 11 is 0. The molecule has 0 bridgehead atoms. The van der Waals surface area contributed by atoms with Gasteiger partial charge in [0.05, 0.1) is 12.2 Å². The summed E-state index contributed by atoms with van der Waals surface area (Å²) in [7, 11) is 0. The number of carbonyl (C=O) groups is 1. The Balaban J connectivity index is 1.88. The molecule has 0 amide bonds. The van der Waals surface area contributed by atoms with Gasteiger partial charge in [-0.05, 0) is 25.7 Å². The van der Waals surface area contributed by atoms with E-state index >= 15 is 0 Å². The molecule has 0 radical (unpaired) electrons. The van der Waals surface area contributed by atoms with E-state index in [2.05, 4.69) is 6.92 Å². The van der Waals surface area contributed by atoms with Crippen LogP contribution in [0.3, 0.4) is 0 Å². The number of hydrogen-bond donors (Lipinski definition) is 1. The minimum absolute atomic E-state index is 0.0125. The molecular weight excluding hydrogens is 276 g/mol. The molecule has 1 aliphatic rings. The van der Waals surface area contributed by atoms with Crippen LogP contribution in [0.25, 0.3) is 0 Å². The van der Waals surface area contributed by atoms with Gasteiger partial charge in [0.2, 0.25) is 0 Å². The molecule has 3 heteroatoms. The van der Waals surface area contributed by atoms with Gasteiger partial charge in [-0.15, -0.1) is 0 Å². The topological polar surface area (TPSA) is 46.5 Å². The van der Waals surface area contributed by atoms with Crippen molar-refractivity contribution in [3.63, 3.8) is 0 Å². The van der Waals surface area contributed by atoms with E-state index in [1.165, 1.54) is 57.8 Å². The molecule has 0 saturated heterocycles. The number of aliphatic hydroxyl groups is 1. The molecule has 0 spiro atoms. The zero-order valence-corrected chi connectivity index (χ0v) is 14.5. The molecule has 22 heavy (non-hydrogen) atoms. The monoisotopic (exact) mass is 312 g/mol. The summed E-state index contributed by atoms with van der Waals surface area (Å²) in [4.78, 5) is 10.8. The summed E-state index contributed by atoms with van der Waals surface area (Å²) in [6, 6.07) is 0. The standard InChI is InChI=1S/C19H36O3/c1-2-3-4-5-6-7-8-9-10-11-12-22-19-14-17(16-20)13-18(21)15-19/h16-19,21H,2-15H2,1H3. The van der Waals surface area contributed by atoms with E-state index < -0.39 is 0 Å². The van der Waals surface area contributed by atoms with Crippen LogP contribution < -0.4 is 0 Å². The third kappa shape index (κ3) is 9.58. The van der Waals surface area contributed by atoms with Crippen LogP contribution in [0.2, 0.25) is 0 Å². The molecule has 1 N–H and O–H groups in total. The first-order valence-electron chi connectivity index (χ1n) is 9.51. The highest BCUT2D eigenvalue weighted by molar-refractivity contribution is 5.53. The normalized spacial score (nSPS) is 25.3. The number of ether oxygens (including phenoxy) is 1. The minimum atomic E-state index is -0.360. The number of aliphatic hydroxyl groups excluding tert-OH is 1. The van der Waals surface area contributed by atoms with Crippen molar-refractivity contribution < 1.29 is 14.6 Å². The molecule has 3 nitrogen and oxygen atoms in total. The van der Waals surface area contributed by atoms with Gasteiger partial charge in [-0.2, -0.15) is 0 Å². The van der Waals surface area contributed by atoms with Gasteiger partial charge in [-0.25, -0.2) is 0 Å². The number of aldehydes is 1. The zero-order valence-electron chi connectivity index (χ0n) is 14.5. The first kappa shape index (κ1) is 19.6. The van der Waals surface area contributed by atoms with Crippen molar-refractivity contribution in [2.24, 2.45) is 5.92 Å². The van der Waals surface area contributed by atoms with Gasteiger partial charge in [0.15, 0.2) is 0 Å². The molecule has 0 aromatic carbocycles. The fourth-order valence-electron chi connectivity index (χ4n) is 3.37. The molecule has 1 aliphatic carbocycles. The molecule has 130 valence electrons. The summed E-state index contributed by atoms with van der Waals surface area (Å²) < 4.78 is 5.84. The lowest BCUT2D eigenvalue weighted by Crippen LogP contribution is -2.32. The van der Waals surface area contributed by atoms with Gasteiger partial charge in [-0.1, -0.05) is 64.7 Å². The molecule has 0 aliphatic heterocycles. The Morgan fingerprint density at radius 2 is 1.50 bits per heavy atom. The van der Waals surface area contributed by atoms with Crippen LogP contribution >= 0.6 is 0 Å². The minimum Gasteiger partial charge on any atom is -0.393 e. The van der Waals surface area contributed by atoms with Crippen molar-refractivity contribution in [3.05, 3.63) is 0 Å². The highest BCUT2D eigenvalue weighted by atomic mass is 16.5. The van der Waals surface area contributed by atoms with E-state index in [1.54, 1.807) is 0 Å². The molecular formula is C19H36O3. The quantitative estimate of drug-likeness (QED) is 0.398. The summed E-state index contributed by atoms with van der Waals surface area (Å²) in [5, 5.41) is 9.72. The van der Waals surface area contributed by atoms with Crippen molar-refractivity contribution in [2.45, 2.75) is 103 Å². The molecule has 1 rings (SSSR count). The van der Waals surface area contributed by atoms with E-state index in [0.717, 1.165) is 25.7 Å². The first-order valence-corrected chi connectivity index (χ1v) is 9.51. The number of carbonyl (C=O) groups excluding carboxylic acids is 1. The van der Waals surface area contributed by atoms with Gasteiger partial charge in [0.25, 0.3) is 0 Å². The van der Waals surface area contributed by atoms with E-state index in [9.17, 15) is 9.90 Å². The van der Waals surface area contributed by atoms with Crippen LogP contribution in [-0.4, -0.2) is 30.2 Å². The van der Waals surface area contributed by atoms with Crippen LogP contribution in [0.1, 0.15) is 90.4 Å². The first-order chi connectivity index (χ1) is 10.8. The molecule has 1 saturated carbocycles. The fourth-order valence-corrected chi connectivity index (χ4v) is 3.37. The Kier molecular flexibility index (Phi) is 11.7. The van der Waals surface area contributed by atoms with Gasteiger partial charge < -0.3 is 14.6 Å². The maximum absolute atomic E-state index is 10.8. The van der Waals surface area contributed by atoms with Crippen LogP contribution in [0, 0.1) is 5.92 Å². The maximum atomic E-state index is 10.8. The van der Waals surface area contributed by atoms with Crippen molar-refractivity contribution in [1.82, 2.24) is 0 Å². The van der Waals surface area contributed by atoms with Gasteiger partial charge >= 0.3 is 0 Å². The average molecular weight is 312 g/mol. The Morgan fingerprint density at radius 3 is 2.09 bits per heavy atom. The van der Waals surface area contributed by atoms with Crippen LogP contribution in [0.5, 0.6) is 0 Å². The van der Waals surface area contributed by atoms with Gasteiger partial charge in [0.1, 0.15) is 6.29 Å². The number of rotatable bonds is 13. The molecule has 0 heterocycles. The SMILES string of the molecule is CCCCCCCCCCCCOC1CC(O)CC(C=O)C1. The summed E-state index contributed by atoms with van der Waals surface area (Å²) in [5.41, 5.74) is 0. The van der Waals surface area contributed by atoms with Crippen molar-refractivity contribution >= 4 is 6.29 Å². The van der Waals surface area contributed by atoms with Crippen LogP contribution in [-0.2, 0) is 9.53 Å². The molecule has 1 fully saturated rings. The van der Waals surface area contributed by atoms with E-state index in [-0.39, 0.29) is 18.1 Å². The lowest BCUT2D eigenvalue weighted by Gasteiger charge is -2.29. The second-order valence-electron chi connectivity index (χ2n) is 6.93. The highest BCUT2D eigenvalue weighted by Crippen LogP contribution is 2.25. The molecule has 3 unspecified atom stereocenters. The predicted molar refractivity (Wildman–Crippen MR) is 91.0 cm³/mol. The lowest BCUT2D eigenvalue weighted by atomic mass is 9.86. The Labute approximate surface area is 136 Å². The Morgan fingerprint density at radius 1 is 0.909 bits per heavy atom. The third-order valence-corrected chi connectivity index (χ3v) is 4.72. The Hall–Kier alpha value is -0.410. The van der Waals surface area contributed by atoms with E-state index in [1.807, 2.05) is 0 Å². The van der Waals surface area contributed by atoms with Crippen LogP contribution in [0.15, 0.2) is 0 Å². The summed E-state index contributed by atoms with van der Waals surface area (Å²) in [6.45, 7) is 3.04.